The van der Waals surface area contributed by atoms with Gasteiger partial charge >= 0.3 is 0 Å². The van der Waals surface area contributed by atoms with Gasteiger partial charge in [0.1, 0.15) is 17.5 Å². The first kappa shape index (κ1) is 17.6. The Morgan fingerprint density at radius 3 is 2.65 bits per heavy atom. The highest BCUT2D eigenvalue weighted by Crippen LogP contribution is 2.35. The molecular formula is C18H25N3OS. The maximum Gasteiger partial charge on any atom is 0.132 e. The summed E-state index contributed by atoms with van der Waals surface area (Å²) in [5.74, 6) is 1.51. The number of allylic oxidation sites excluding steroid dienone is 2. The smallest absolute Gasteiger partial charge is 0.132 e. The Balaban J connectivity index is 2.22. The highest BCUT2D eigenvalue weighted by Gasteiger charge is 2.26. The Hall–Kier alpha value is -1.75. The van der Waals surface area contributed by atoms with Gasteiger partial charge in [0.05, 0.1) is 12.3 Å². The van der Waals surface area contributed by atoms with Gasteiger partial charge in [-0.2, -0.15) is 22.9 Å². The van der Waals surface area contributed by atoms with E-state index in [9.17, 15) is 0 Å². The van der Waals surface area contributed by atoms with Gasteiger partial charge in [-0.1, -0.05) is 44.6 Å². The summed E-state index contributed by atoms with van der Waals surface area (Å²) in [6.45, 7) is 7.17. The molecule has 0 aromatic heterocycles. The maximum atomic E-state index is 5.93. The second-order valence-corrected chi connectivity index (χ2v) is 7.02. The zero-order chi connectivity index (χ0) is 16.9. The molecule has 0 saturated carbocycles. The van der Waals surface area contributed by atoms with Crippen molar-refractivity contribution in [1.29, 1.82) is 0 Å². The molecule has 0 heterocycles. The lowest BCUT2D eigenvalue weighted by Gasteiger charge is -2.29. The first-order valence-corrected chi connectivity index (χ1v) is 8.45. The number of thiol groups is 1. The van der Waals surface area contributed by atoms with Crippen LogP contribution in [0.3, 0.4) is 0 Å². The fourth-order valence-electron chi connectivity index (χ4n) is 2.34. The number of azo groups is 1. The molecule has 0 spiro atoms. The minimum absolute atomic E-state index is 0.102. The van der Waals surface area contributed by atoms with Crippen LogP contribution in [0, 0.1) is 5.41 Å². The second kappa shape index (κ2) is 7.68. The normalized spacial score (nSPS) is 18.7. The molecule has 2 N–H and O–H groups in total. The monoisotopic (exact) mass is 331 g/mol. The van der Waals surface area contributed by atoms with E-state index in [2.05, 4.69) is 49.7 Å². The average molecular weight is 331 g/mol. The van der Waals surface area contributed by atoms with Crippen molar-refractivity contribution in [1.82, 2.24) is 0 Å². The van der Waals surface area contributed by atoms with Crippen molar-refractivity contribution in [3.05, 3.63) is 47.7 Å². The number of ether oxygens (including phenoxy) is 1. The first-order valence-electron chi connectivity index (χ1n) is 7.82. The van der Waals surface area contributed by atoms with E-state index in [1.54, 1.807) is 0 Å². The molecule has 2 rings (SSSR count). The van der Waals surface area contributed by atoms with E-state index >= 15 is 0 Å². The van der Waals surface area contributed by atoms with Crippen molar-refractivity contribution < 1.29 is 4.74 Å². The van der Waals surface area contributed by atoms with Gasteiger partial charge in [-0.05, 0) is 23.6 Å². The van der Waals surface area contributed by atoms with Gasteiger partial charge < -0.3 is 10.5 Å². The lowest BCUT2D eigenvalue weighted by Crippen LogP contribution is -2.21. The number of benzene rings is 1. The van der Waals surface area contributed by atoms with Gasteiger partial charge in [0.15, 0.2) is 0 Å². The van der Waals surface area contributed by atoms with Gasteiger partial charge in [0.25, 0.3) is 0 Å². The van der Waals surface area contributed by atoms with E-state index in [0.29, 0.717) is 23.7 Å². The van der Waals surface area contributed by atoms with Crippen molar-refractivity contribution in [3.63, 3.8) is 0 Å². The Bertz CT molecular complexity index is 629. The van der Waals surface area contributed by atoms with Crippen LogP contribution < -0.4 is 5.73 Å². The van der Waals surface area contributed by atoms with E-state index in [4.69, 9.17) is 10.5 Å². The molecule has 1 aromatic carbocycles. The zero-order valence-corrected chi connectivity index (χ0v) is 14.9. The summed E-state index contributed by atoms with van der Waals surface area (Å²) < 4.78 is 5.78. The zero-order valence-electron chi connectivity index (χ0n) is 14.0. The van der Waals surface area contributed by atoms with Crippen molar-refractivity contribution in [2.24, 2.45) is 15.6 Å². The number of nitrogens with zero attached hydrogens (tertiary/aromatic N) is 2. The highest BCUT2D eigenvalue weighted by atomic mass is 32.1. The standard InChI is InChI=1S/C18H25N3OS/c1-18(2,3)13-8-9-17(22-10-11-23)16(12-13)21-20-15-7-5-4-6-14(15)19/h4-9,16,23H,10-12,19H2,1-3H3. The first-order chi connectivity index (χ1) is 10.9. The summed E-state index contributed by atoms with van der Waals surface area (Å²) in [6.07, 6.45) is 4.94. The van der Waals surface area contributed by atoms with E-state index in [0.717, 1.165) is 12.2 Å². The molecule has 1 atom stereocenters. The third-order valence-corrected chi connectivity index (χ3v) is 3.94. The van der Waals surface area contributed by atoms with Crippen LogP contribution in [0.25, 0.3) is 0 Å². The number of nitrogen functional groups attached to an aromatic ring is 1. The Labute approximate surface area is 143 Å². The fraction of sp³-hybridized carbons (Fsp3) is 0.444. The van der Waals surface area contributed by atoms with Crippen LogP contribution in [0.4, 0.5) is 11.4 Å². The summed E-state index contributed by atoms with van der Waals surface area (Å²) >= 11 is 4.20. The van der Waals surface area contributed by atoms with E-state index in [1.165, 1.54) is 5.57 Å². The topological polar surface area (TPSA) is 60.0 Å². The third kappa shape index (κ3) is 4.86. The van der Waals surface area contributed by atoms with Crippen LogP contribution in [0.2, 0.25) is 0 Å². The SMILES string of the molecule is CC(C)(C)C1=CC=C(OCCS)C(N=Nc2ccccc2N)C1. The van der Waals surface area contributed by atoms with Crippen LogP contribution in [-0.4, -0.2) is 18.4 Å². The minimum Gasteiger partial charge on any atom is -0.495 e. The van der Waals surface area contributed by atoms with E-state index in [1.807, 2.05) is 30.3 Å². The predicted molar refractivity (Wildman–Crippen MR) is 99.2 cm³/mol. The molecular weight excluding hydrogens is 306 g/mol. The van der Waals surface area contributed by atoms with E-state index < -0.39 is 0 Å². The van der Waals surface area contributed by atoms with Crippen molar-refractivity contribution >= 4 is 24.0 Å². The van der Waals surface area contributed by atoms with E-state index in [-0.39, 0.29) is 11.5 Å². The van der Waals surface area contributed by atoms with Crippen molar-refractivity contribution in [3.8, 4) is 0 Å². The Kier molecular flexibility index (Phi) is 5.88. The number of hydrogen-bond donors (Lipinski definition) is 2. The molecule has 1 aliphatic carbocycles. The van der Waals surface area contributed by atoms with Gasteiger partial charge in [0.2, 0.25) is 0 Å². The minimum atomic E-state index is -0.117. The Morgan fingerprint density at radius 1 is 1.26 bits per heavy atom. The molecule has 23 heavy (non-hydrogen) atoms. The fourth-order valence-corrected chi connectivity index (χ4v) is 2.43. The molecule has 0 saturated heterocycles. The van der Waals surface area contributed by atoms with Crippen molar-refractivity contribution in [2.45, 2.75) is 33.2 Å². The second-order valence-electron chi connectivity index (χ2n) is 6.58. The van der Waals surface area contributed by atoms with Crippen LogP contribution in [-0.2, 0) is 4.74 Å². The Morgan fingerprint density at radius 2 is 2.00 bits per heavy atom. The summed E-state index contributed by atoms with van der Waals surface area (Å²) in [7, 11) is 0. The average Bonchev–Trinajstić information content (AvgIpc) is 2.51. The van der Waals surface area contributed by atoms with Crippen LogP contribution >= 0.6 is 12.6 Å². The number of para-hydroxylation sites is 1. The van der Waals surface area contributed by atoms with Crippen LogP contribution in [0.15, 0.2) is 58.0 Å². The number of hydrogen-bond acceptors (Lipinski definition) is 5. The molecule has 1 unspecified atom stereocenters. The molecule has 124 valence electrons. The molecule has 0 radical (unpaired) electrons. The highest BCUT2D eigenvalue weighted by molar-refractivity contribution is 7.80. The molecule has 0 aliphatic heterocycles. The van der Waals surface area contributed by atoms with Gasteiger partial charge in [-0.25, -0.2) is 0 Å². The molecule has 1 aliphatic rings. The molecule has 5 heteroatoms. The molecule has 0 bridgehead atoms. The molecule has 1 aromatic rings. The molecule has 0 fully saturated rings. The van der Waals surface area contributed by atoms with Crippen LogP contribution in [0.5, 0.6) is 0 Å². The lowest BCUT2D eigenvalue weighted by atomic mass is 9.80. The summed E-state index contributed by atoms with van der Waals surface area (Å²) in [6, 6.07) is 7.36. The molecule has 0 amide bonds. The lowest BCUT2D eigenvalue weighted by molar-refractivity contribution is 0.207. The summed E-state index contributed by atoms with van der Waals surface area (Å²) in [5.41, 5.74) is 8.68. The quantitative estimate of drug-likeness (QED) is 0.457. The summed E-state index contributed by atoms with van der Waals surface area (Å²) in [4.78, 5) is 0. The van der Waals surface area contributed by atoms with Gasteiger partial charge in [0, 0.05) is 12.2 Å². The predicted octanol–water partition coefficient (Wildman–Crippen LogP) is 4.93. The van der Waals surface area contributed by atoms with Crippen molar-refractivity contribution in [2.75, 3.05) is 18.1 Å². The number of anilines is 1. The maximum absolute atomic E-state index is 5.93. The van der Waals surface area contributed by atoms with Crippen LogP contribution in [0.1, 0.15) is 27.2 Å². The third-order valence-electron chi connectivity index (χ3n) is 3.76. The number of nitrogens with two attached hydrogens (primary N) is 1. The summed E-state index contributed by atoms with van der Waals surface area (Å²) in [5, 5.41) is 8.84. The molecule has 4 nitrogen and oxygen atoms in total. The number of rotatable bonds is 5. The van der Waals surface area contributed by atoms with Gasteiger partial charge in [-0.15, -0.1) is 0 Å². The van der Waals surface area contributed by atoms with Gasteiger partial charge in [-0.3, -0.25) is 0 Å². The largest absolute Gasteiger partial charge is 0.495 e.